The molecule has 2 aromatic carbocycles. The predicted molar refractivity (Wildman–Crippen MR) is 114 cm³/mol. The highest BCUT2D eigenvalue weighted by Crippen LogP contribution is 2.37. The zero-order valence-electron chi connectivity index (χ0n) is 15.4. The fourth-order valence-corrected chi connectivity index (χ4v) is 4.35. The van der Waals surface area contributed by atoms with Gasteiger partial charge in [0.15, 0.2) is 0 Å². The van der Waals surface area contributed by atoms with Crippen molar-refractivity contribution in [1.82, 2.24) is 4.90 Å². The number of amides is 2. The number of aryl methyl sites for hydroxylation is 1. The molecule has 1 aliphatic rings. The average molecular weight is 397 g/mol. The minimum absolute atomic E-state index is 0.161. The topological polar surface area (TPSA) is 40.6 Å². The van der Waals surface area contributed by atoms with Crippen molar-refractivity contribution in [3.05, 3.63) is 76.8 Å². The summed E-state index contributed by atoms with van der Waals surface area (Å²) in [5.41, 5.74) is 2.72. The number of hydrogen-bond donors (Lipinski definition) is 0. The molecule has 4 nitrogen and oxygen atoms in total. The normalized spacial score (nSPS) is 16.7. The Labute approximate surface area is 168 Å². The van der Waals surface area contributed by atoms with Crippen LogP contribution in [0.1, 0.15) is 31.0 Å². The van der Waals surface area contributed by atoms with Gasteiger partial charge in [0, 0.05) is 13.1 Å². The van der Waals surface area contributed by atoms with E-state index in [1.807, 2.05) is 68.4 Å². The zero-order chi connectivity index (χ0) is 19.6. The summed E-state index contributed by atoms with van der Waals surface area (Å²) >= 11 is 6.68. The molecule has 0 spiro atoms. The third kappa shape index (κ3) is 3.96. The second-order valence-corrected chi connectivity index (χ2v) is 7.97. The summed E-state index contributed by atoms with van der Waals surface area (Å²) < 4.78 is 0.496. The van der Waals surface area contributed by atoms with Crippen molar-refractivity contribution in [3.63, 3.8) is 0 Å². The van der Waals surface area contributed by atoms with Crippen molar-refractivity contribution in [2.75, 3.05) is 4.90 Å². The number of para-hydroxylation sites is 1. The molecule has 1 fully saturated rings. The minimum Gasteiger partial charge on any atom is -0.287 e. The van der Waals surface area contributed by atoms with Gasteiger partial charge in [-0.25, -0.2) is 0 Å². The van der Waals surface area contributed by atoms with Gasteiger partial charge < -0.3 is 0 Å². The molecule has 1 unspecified atom stereocenters. The first-order valence-corrected chi connectivity index (χ1v) is 9.80. The van der Waals surface area contributed by atoms with Gasteiger partial charge >= 0.3 is 0 Å². The Balaban J connectivity index is 1.93. The van der Waals surface area contributed by atoms with Crippen molar-refractivity contribution in [2.45, 2.75) is 26.8 Å². The number of thioether (sulfide) groups is 1. The van der Waals surface area contributed by atoms with Crippen LogP contribution in [0.25, 0.3) is 0 Å². The first-order valence-electron chi connectivity index (χ1n) is 8.57. The van der Waals surface area contributed by atoms with Gasteiger partial charge in [0.2, 0.25) is 5.91 Å². The average Bonchev–Trinajstić information content (AvgIpc) is 2.93. The number of carbonyl (C=O) groups is 2. The number of hydrogen-bond acceptors (Lipinski definition) is 4. The van der Waals surface area contributed by atoms with E-state index in [0.717, 1.165) is 16.8 Å². The highest BCUT2D eigenvalue weighted by Gasteiger charge is 2.36. The van der Waals surface area contributed by atoms with E-state index in [1.165, 1.54) is 23.6 Å². The zero-order valence-corrected chi connectivity index (χ0v) is 17.0. The summed E-state index contributed by atoms with van der Waals surface area (Å²) in [4.78, 5) is 28.8. The Morgan fingerprint density at radius 1 is 1.15 bits per heavy atom. The maximum Gasteiger partial charge on any atom is 0.268 e. The van der Waals surface area contributed by atoms with E-state index in [0.29, 0.717) is 9.23 Å². The summed E-state index contributed by atoms with van der Waals surface area (Å²) in [6.45, 7) is 5.37. The molecular formula is C21H20N2O2S2. The molecule has 3 rings (SSSR count). The van der Waals surface area contributed by atoms with Crippen molar-refractivity contribution >= 4 is 45.8 Å². The lowest BCUT2D eigenvalue weighted by molar-refractivity contribution is -0.123. The van der Waals surface area contributed by atoms with E-state index in [9.17, 15) is 9.59 Å². The first-order chi connectivity index (χ1) is 12.9. The van der Waals surface area contributed by atoms with E-state index >= 15 is 0 Å². The highest BCUT2D eigenvalue weighted by molar-refractivity contribution is 8.26. The lowest BCUT2D eigenvalue weighted by Gasteiger charge is -2.23. The molecule has 1 saturated heterocycles. The number of nitrogens with zero attached hydrogens (tertiary/aromatic N) is 2. The van der Waals surface area contributed by atoms with E-state index in [1.54, 1.807) is 11.1 Å². The van der Waals surface area contributed by atoms with Crippen LogP contribution in [0.3, 0.4) is 0 Å². The molecule has 1 heterocycles. The number of anilines is 1. The maximum atomic E-state index is 13.0. The summed E-state index contributed by atoms with van der Waals surface area (Å²) in [6.07, 6.45) is 1.60. The Bertz CT molecular complexity index is 925. The lowest BCUT2D eigenvalue weighted by atomic mass is 10.1. The second-order valence-electron chi connectivity index (χ2n) is 6.30. The number of benzene rings is 2. The van der Waals surface area contributed by atoms with Crippen LogP contribution in [0.2, 0.25) is 0 Å². The van der Waals surface area contributed by atoms with Crippen LogP contribution in [0.5, 0.6) is 0 Å². The van der Waals surface area contributed by atoms with Crippen molar-refractivity contribution < 1.29 is 9.59 Å². The molecule has 138 valence electrons. The van der Waals surface area contributed by atoms with Gasteiger partial charge in [-0.2, -0.15) is 0 Å². The van der Waals surface area contributed by atoms with Gasteiger partial charge in [-0.15, -0.1) is 0 Å². The number of carbonyl (C=O) groups excluding carboxylic acids is 2. The Kier molecular flexibility index (Phi) is 5.77. The summed E-state index contributed by atoms with van der Waals surface area (Å²) in [7, 11) is 0. The van der Waals surface area contributed by atoms with Crippen LogP contribution in [0.15, 0.2) is 65.7 Å². The molecule has 0 saturated carbocycles. The fourth-order valence-electron chi connectivity index (χ4n) is 2.97. The van der Waals surface area contributed by atoms with Gasteiger partial charge in [0.25, 0.3) is 5.91 Å². The second kappa shape index (κ2) is 8.06. The summed E-state index contributed by atoms with van der Waals surface area (Å²) in [5.74, 6) is -0.341. The molecule has 6 heteroatoms. The highest BCUT2D eigenvalue weighted by atomic mass is 32.2. The monoisotopic (exact) mass is 396 g/mol. The predicted octanol–water partition coefficient (Wildman–Crippen LogP) is 4.81. The van der Waals surface area contributed by atoms with Gasteiger partial charge in [-0.3, -0.25) is 19.4 Å². The third-order valence-electron chi connectivity index (χ3n) is 4.45. The van der Waals surface area contributed by atoms with Crippen molar-refractivity contribution in [2.24, 2.45) is 0 Å². The molecule has 0 aromatic heterocycles. The van der Waals surface area contributed by atoms with Crippen LogP contribution >= 0.6 is 24.0 Å². The molecule has 27 heavy (non-hydrogen) atoms. The van der Waals surface area contributed by atoms with Crippen molar-refractivity contribution in [3.8, 4) is 0 Å². The van der Waals surface area contributed by atoms with E-state index < -0.39 is 0 Å². The SMILES string of the molecule is CC(=O)N(/C=C1\SC(=S)N(C(C)c2ccccc2)C1=O)c1ccccc1C. The number of rotatable bonds is 4. The van der Waals surface area contributed by atoms with Gasteiger partial charge in [-0.1, -0.05) is 72.5 Å². The van der Waals surface area contributed by atoms with Crippen LogP contribution in [0, 0.1) is 6.92 Å². The van der Waals surface area contributed by atoms with Gasteiger partial charge in [-0.05, 0) is 31.0 Å². The molecule has 2 amide bonds. The molecular weight excluding hydrogens is 376 g/mol. The molecule has 0 N–H and O–H groups in total. The van der Waals surface area contributed by atoms with E-state index in [2.05, 4.69) is 0 Å². The number of thiocarbonyl (C=S) groups is 1. The Morgan fingerprint density at radius 3 is 2.41 bits per heavy atom. The smallest absolute Gasteiger partial charge is 0.268 e. The minimum atomic E-state index is -0.179. The molecule has 0 bridgehead atoms. The summed E-state index contributed by atoms with van der Waals surface area (Å²) in [6, 6.07) is 17.2. The lowest BCUT2D eigenvalue weighted by Crippen LogP contribution is -2.31. The quantitative estimate of drug-likeness (QED) is 0.549. The molecule has 1 aliphatic heterocycles. The third-order valence-corrected chi connectivity index (χ3v) is 5.77. The Morgan fingerprint density at radius 2 is 1.78 bits per heavy atom. The molecule has 2 aromatic rings. The maximum absolute atomic E-state index is 13.0. The molecule has 0 radical (unpaired) electrons. The first kappa shape index (κ1) is 19.3. The van der Waals surface area contributed by atoms with Gasteiger partial charge in [0.1, 0.15) is 4.32 Å². The van der Waals surface area contributed by atoms with Crippen LogP contribution in [-0.2, 0) is 9.59 Å². The van der Waals surface area contributed by atoms with Crippen LogP contribution < -0.4 is 4.90 Å². The largest absolute Gasteiger partial charge is 0.287 e. The molecule has 1 atom stereocenters. The Hall–Kier alpha value is -2.44. The van der Waals surface area contributed by atoms with Crippen LogP contribution in [-0.4, -0.2) is 21.0 Å². The van der Waals surface area contributed by atoms with Crippen LogP contribution in [0.4, 0.5) is 5.69 Å². The fraction of sp³-hybridized carbons (Fsp3) is 0.190. The van der Waals surface area contributed by atoms with E-state index in [-0.39, 0.29) is 17.9 Å². The standard InChI is InChI=1S/C21H20N2O2S2/c1-14-9-7-8-12-18(14)22(16(3)24)13-19-20(25)23(21(26)27-19)15(2)17-10-5-4-6-11-17/h4-13,15H,1-3H3/b19-13-. The van der Waals surface area contributed by atoms with E-state index in [4.69, 9.17) is 12.2 Å². The van der Waals surface area contributed by atoms with Crippen molar-refractivity contribution in [1.29, 1.82) is 0 Å². The summed E-state index contributed by atoms with van der Waals surface area (Å²) in [5, 5.41) is 0. The molecule has 0 aliphatic carbocycles. The van der Waals surface area contributed by atoms with Gasteiger partial charge in [0.05, 0.1) is 16.6 Å².